The molecule has 50 valence electrons. The Bertz CT molecular complexity index is 138. The van der Waals surface area contributed by atoms with Crippen molar-refractivity contribution in [2.45, 2.75) is 0 Å². The number of hydroxylamine groups is 2. The Balaban J connectivity index is 2.84. The third-order valence-corrected chi connectivity index (χ3v) is 3.51. The van der Waals surface area contributed by atoms with Gasteiger partial charge in [0.25, 0.3) is 0 Å². The second kappa shape index (κ2) is 0.849. The summed E-state index contributed by atoms with van der Waals surface area (Å²) in [7, 11) is -4.33. The molecular weight excluding hydrogens is 139 g/mol. The Hall–Kier alpha value is -0.0731. The number of rotatable bonds is 0. The van der Waals surface area contributed by atoms with Gasteiger partial charge in [-0.15, -0.1) is 0 Å². The minimum atomic E-state index is -6.32. The maximum absolute atomic E-state index is 11.8. The minimum absolute atomic E-state index is 0.994. The molecule has 0 amide bonds. The number of hydrogen-bond donors (Lipinski definition) is 0. The average Bonchev–Trinajstić information content (AvgIpc) is 1.55. The van der Waals surface area contributed by atoms with Crippen molar-refractivity contribution in [2.75, 3.05) is 14.1 Å². The van der Waals surface area contributed by atoms with Gasteiger partial charge in [0.05, 0.1) is 0 Å². The van der Waals surface area contributed by atoms with Crippen LogP contribution in [0.25, 0.3) is 0 Å². The fourth-order valence-electron chi connectivity index (χ4n) is 0.340. The van der Waals surface area contributed by atoms with Crippen LogP contribution in [-0.2, 0) is 4.53 Å². The average molecular weight is 145 g/mol. The molecule has 8 heavy (non-hydrogen) atoms. The molecule has 0 atom stereocenters. The van der Waals surface area contributed by atoms with Crippen LogP contribution in [0.5, 0.6) is 0 Å². The molecule has 6 heteroatoms. The van der Waals surface area contributed by atoms with Gasteiger partial charge < -0.3 is 0 Å². The van der Waals surface area contributed by atoms with Gasteiger partial charge in [0.2, 0.25) is 0 Å². The predicted molar refractivity (Wildman–Crippen MR) is 22.3 cm³/mol. The Kier molecular flexibility index (Phi) is 0.643. The van der Waals surface area contributed by atoms with Crippen LogP contribution in [0, 0.1) is 0 Å². The van der Waals surface area contributed by atoms with E-state index >= 15 is 0 Å². The van der Waals surface area contributed by atoms with E-state index in [1.54, 1.807) is 0 Å². The van der Waals surface area contributed by atoms with E-state index in [0.717, 1.165) is 14.1 Å². The van der Waals surface area contributed by atoms with Crippen molar-refractivity contribution in [3.05, 3.63) is 0 Å². The molecule has 0 saturated carbocycles. The molecule has 1 aliphatic rings. The zero-order valence-electron chi connectivity index (χ0n) is 4.49. The molecule has 1 rings (SSSR count). The summed E-state index contributed by atoms with van der Waals surface area (Å²) < 4.78 is 37.9. The van der Waals surface area contributed by atoms with Gasteiger partial charge in [-0.25, -0.2) is 0 Å². The van der Waals surface area contributed by atoms with Gasteiger partial charge in [-0.1, -0.05) is 0 Å². The van der Waals surface area contributed by atoms with Gasteiger partial charge in [-0.3, -0.25) is 0 Å². The molecule has 0 aliphatic carbocycles. The standard InChI is InChI=1S/C2H6F3NOSi/c1-6(2)7-8(6,3,4)5/h1-2H3. The van der Waals surface area contributed by atoms with Crippen LogP contribution in [0.15, 0.2) is 0 Å². The first kappa shape index (κ1) is 6.05. The van der Waals surface area contributed by atoms with E-state index in [1.807, 2.05) is 0 Å². The zero-order chi connectivity index (χ0) is 6.65. The zero-order valence-corrected chi connectivity index (χ0v) is 5.49. The fourth-order valence-corrected chi connectivity index (χ4v) is 1.33. The summed E-state index contributed by atoms with van der Waals surface area (Å²) in [4.78, 5) is 0. The molecule has 2 nitrogen and oxygen atoms in total. The summed E-state index contributed by atoms with van der Waals surface area (Å²) in [5, 5.41) is 0. The Labute approximate surface area is 45.1 Å². The molecule has 1 saturated heterocycles. The normalized spacial score (nSPS) is 41.9. The van der Waals surface area contributed by atoms with E-state index in [-0.39, 0.29) is 0 Å². The van der Waals surface area contributed by atoms with Crippen LogP contribution in [0.3, 0.4) is 0 Å². The summed E-state index contributed by atoms with van der Waals surface area (Å²) >= 11 is 0. The van der Waals surface area contributed by atoms with E-state index < -0.39 is 13.1 Å². The van der Waals surface area contributed by atoms with Crippen molar-refractivity contribution >= 4 is 8.76 Å². The third-order valence-electron chi connectivity index (χ3n) is 1.17. The summed E-state index contributed by atoms with van der Waals surface area (Å²) in [5.41, 5.74) is 0. The fraction of sp³-hybridized carbons (Fsp3) is 1.00. The van der Waals surface area contributed by atoms with E-state index in [4.69, 9.17) is 0 Å². The third kappa shape index (κ3) is 0.502. The first-order chi connectivity index (χ1) is 3.24. The Morgan fingerprint density at radius 1 is 1.25 bits per heavy atom. The van der Waals surface area contributed by atoms with Crippen LogP contribution in [-0.4, -0.2) is 27.2 Å². The number of quaternary nitrogens is 1. The molecule has 0 aromatic rings. The van der Waals surface area contributed by atoms with Crippen molar-refractivity contribution in [3.63, 3.8) is 0 Å². The van der Waals surface area contributed by atoms with Gasteiger partial charge in [0, 0.05) is 0 Å². The number of halogens is 3. The summed E-state index contributed by atoms with van der Waals surface area (Å²) in [6, 6.07) is 0. The molecule has 0 spiro atoms. The Morgan fingerprint density at radius 3 is 1.38 bits per heavy atom. The van der Waals surface area contributed by atoms with Crippen LogP contribution in [0.2, 0.25) is 0 Å². The van der Waals surface area contributed by atoms with Crippen LogP contribution in [0.4, 0.5) is 12.3 Å². The van der Waals surface area contributed by atoms with Gasteiger partial charge in [-0.2, -0.15) is 0 Å². The van der Waals surface area contributed by atoms with Crippen molar-refractivity contribution in [2.24, 2.45) is 0 Å². The van der Waals surface area contributed by atoms with Crippen molar-refractivity contribution in [1.82, 2.24) is 0 Å². The van der Waals surface area contributed by atoms with Crippen LogP contribution < -0.4 is 0 Å². The monoisotopic (exact) mass is 145 g/mol. The molecule has 0 radical (unpaired) electrons. The summed E-state index contributed by atoms with van der Waals surface area (Å²) in [5.74, 6) is 0. The van der Waals surface area contributed by atoms with Gasteiger partial charge in [-0.05, 0) is 0 Å². The number of nitrogens with zero attached hydrogens (tertiary/aromatic N) is 1. The van der Waals surface area contributed by atoms with E-state index in [0.29, 0.717) is 0 Å². The van der Waals surface area contributed by atoms with E-state index in [9.17, 15) is 12.3 Å². The molecule has 0 aromatic heterocycles. The van der Waals surface area contributed by atoms with Gasteiger partial charge in [0.15, 0.2) is 0 Å². The maximum atomic E-state index is 11.8. The Morgan fingerprint density at radius 2 is 1.38 bits per heavy atom. The molecule has 1 aliphatic heterocycles. The van der Waals surface area contributed by atoms with Crippen LogP contribution in [0.1, 0.15) is 0 Å². The summed E-state index contributed by atoms with van der Waals surface area (Å²) in [6.45, 7) is 0. The molecular formula is C2H6F3NOSi. The molecule has 1 heterocycles. The van der Waals surface area contributed by atoms with Crippen molar-refractivity contribution in [1.29, 1.82) is 0 Å². The molecule has 0 aromatic carbocycles. The molecule has 0 unspecified atom stereocenters. The molecule has 1 fully saturated rings. The molecule has 0 bridgehead atoms. The molecule has 0 N–H and O–H groups in total. The number of hydrogen-bond acceptors (Lipinski definition) is 1. The van der Waals surface area contributed by atoms with Gasteiger partial charge in [0.1, 0.15) is 0 Å². The summed E-state index contributed by atoms with van der Waals surface area (Å²) in [6.07, 6.45) is 0. The predicted octanol–water partition coefficient (Wildman–Crippen LogP) is 0.803. The van der Waals surface area contributed by atoms with Gasteiger partial charge >= 0.3 is 44.0 Å². The van der Waals surface area contributed by atoms with Crippen molar-refractivity contribution < 1.29 is 21.2 Å². The topological polar surface area (TPSA) is 12.5 Å². The first-order valence-electron chi connectivity index (χ1n) is 2.07. The van der Waals surface area contributed by atoms with E-state index in [1.165, 1.54) is 0 Å². The van der Waals surface area contributed by atoms with Crippen LogP contribution >= 0.6 is 0 Å². The SMILES string of the molecule is C[N+]1(C)O[Si-]1(F)(F)F. The quantitative estimate of drug-likeness (QED) is 0.279. The van der Waals surface area contributed by atoms with Crippen molar-refractivity contribution in [3.8, 4) is 0 Å². The first-order valence-corrected chi connectivity index (χ1v) is 4.06. The van der Waals surface area contributed by atoms with E-state index in [2.05, 4.69) is 4.53 Å². The second-order valence-electron chi connectivity index (χ2n) is 2.23. The second-order valence-corrected chi connectivity index (χ2v) is 5.07.